The van der Waals surface area contributed by atoms with Gasteiger partial charge in [-0.3, -0.25) is 0 Å². The fourth-order valence-electron chi connectivity index (χ4n) is 1.50. The average molecular weight is 252 g/mol. The van der Waals surface area contributed by atoms with Crippen molar-refractivity contribution >= 4 is 17.8 Å². The molecule has 0 amide bonds. The Morgan fingerprint density at radius 1 is 1.35 bits per heavy atom. The maximum absolute atomic E-state index is 8.41. The molecular formula is C12H10ClNO3. The first-order valence-electron chi connectivity index (χ1n) is 4.86. The molecule has 0 unspecified atom stereocenters. The molecule has 0 aliphatic carbocycles. The topological polar surface area (TPSA) is 55.0 Å². The molecular weight excluding hydrogens is 242 g/mol. The highest BCUT2D eigenvalue weighted by Gasteiger charge is 2.10. The van der Waals surface area contributed by atoms with Gasteiger partial charge >= 0.3 is 0 Å². The summed E-state index contributed by atoms with van der Waals surface area (Å²) in [6.07, 6.45) is 1.21. The molecule has 0 radical (unpaired) electrons. The minimum atomic E-state index is 0.449. The van der Waals surface area contributed by atoms with Crippen LogP contribution >= 0.6 is 11.6 Å². The molecule has 2 aromatic rings. The molecule has 1 heterocycles. The maximum Gasteiger partial charge on any atom is 0.149 e. The number of ether oxygens (including phenoxy) is 1. The summed E-state index contributed by atoms with van der Waals surface area (Å²) in [5.41, 5.74) is 0.748. The van der Waals surface area contributed by atoms with E-state index >= 15 is 0 Å². The van der Waals surface area contributed by atoms with Crippen LogP contribution in [0.2, 0.25) is 5.02 Å². The highest BCUT2D eigenvalue weighted by Crippen LogP contribution is 2.33. The van der Waals surface area contributed by atoms with Gasteiger partial charge in [-0.25, -0.2) is 0 Å². The first kappa shape index (κ1) is 11.5. The lowest BCUT2D eigenvalue weighted by Crippen LogP contribution is -1.86. The van der Waals surface area contributed by atoms with E-state index in [1.54, 1.807) is 37.4 Å². The molecule has 0 aliphatic rings. The summed E-state index contributed by atoms with van der Waals surface area (Å²) in [6, 6.07) is 8.70. The molecule has 0 aliphatic heterocycles. The van der Waals surface area contributed by atoms with Crippen LogP contribution < -0.4 is 4.74 Å². The van der Waals surface area contributed by atoms with E-state index in [0.717, 1.165) is 5.56 Å². The SMILES string of the molecule is COc1ccc(Cl)cc1-c1ccc(/C=N/O)o1. The quantitative estimate of drug-likeness (QED) is 0.517. The molecule has 5 heteroatoms. The smallest absolute Gasteiger partial charge is 0.149 e. The van der Waals surface area contributed by atoms with Crippen LogP contribution in [0.4, 0.5) is 0 Å². The first-order chi connectivity index (χ1) is 8.24. The molecule has 4 nitrogen and oxygen atoms in total. The third-order valence-corrected chi connectivity index (χ3v) is 2.47. The Bertz CT molecular complexity index is 548. The Balaban J connectivity index is 2.47. The highest BCUT2D eigenvalue weighted by atomic mass is 35.5. The molecule has 0 bridgehead atoms. The number of oxime groups is 1. The third-order valence-electron chi connectivity index (χ3n) is 2.24. The minimum absolute atomic E-state index is 0.449. The molecule has 2 rings (SSSR count). The number of rotatable bonds is 3. The number of hydrogen-bond acceptors (Lipinski definition) is 4. The third kappa shape index (κ3) is 2.42. The Morgan fingerprint density at radius 2 is 2.18 bits per heavy atom. The fraction of sp³-hybridized carbons (Fsp3) is 0.0833. The van der Waals surface area contributed by atoms with Crippen LogP contribution in [-0.2, 0) is 0 Å². The maximum atomic E-state index is 8.41. The largest absolute Gasteiger partial charge is 0.496 e. The zero-order chi connectivity index (χ0) is 12.3. The van der Waals surface area contributed by atoms with Gasteiger partial charge in [0.15, 0.2) is 0 Å². The summed E-state index contributed by atoms with van der Waals surface area (Å²) in [4.78, 5) is 0. The average Bonchev–Trinajstić information content (AvgIpc) is 2.78. The molecule has 1 aromatic carbocycles. The summed E-state index contributed by atoms with van der Waals surface area (Å²) in [7, 11) is 1.58. The van der Waals surface area contributed by atoms with Gasteiger partial charge in [0.25, 0.3) is 0 Å². The number of halogens is 1. The number of benzene rings is 1. The summed E-state index contributed by atoms with van der Waals surface area (Å²) >= 11 is 5.93. The minimum Gasteiger partial charge on any atom is -0.496 e. The van der Waals surface area contributed by atoms with Crippen LogP contribution in [-0.4, -0.2) is 18.5 Å². The zero-order valence-electron chi connectivity index (χ0n) is 9.05. The van der Waals surface area contributed by atoms with Crippen LogP contribution in [0.5, 0.6) is 5.75 Å². The molecule has 1 aromatic heterocycles. The van der Waals surface area contributed by atoms with Crippen molar-refractivity contribution in [2.24, 2.45) is 5.16 Å². The van der Waals surface area contributed by atoms with E-state index in [1.165, 1.54) is 6.21 Å². The van der Waals surface area contributed by atoms with Crippen molar-refractivity contribution in [1.82, 2.24) is 0 Å². The van der Waals surface area contributed by atoms with E-state index in [0.29, 0.717) is 22.3 Å². The number of nitrogens with zero attached hydrogens (tertiary/aromatic N) is 1. The van der Waals surface area contributed by atoms with Gasteiger partial charge in [0, 0.05) is 5.02 Å². The molecule has 0 saturated heterocycles. The lowest BCUT2D eigenvalue weighted by atomic mass is 10.1. The van der Waals surface area contributed by atoms with Crippen molar-refractivity contribution in [2.45, 2.75) is 0 Å². The van der Waals surface area contributed by atoms with Gasteiger partial charge in [0.05, 0.1) is 12.7 Å². The van der Waals surface area contributed by atoms with Crippen LogP contribution in [0, 0.1) is 0 Å². The van der Waals surface area contributed by atoms with E-state index in [9.17, 15) is 0 Å². The second-order valence-corrected chi connectivity index (χ2v) is 3.73. The molecule has 88 valence electrons. The van der Waals surface area contributed by atoms with Crippen molar-refractivity contribution in [1.29, 1.82) is 0 Å². The van der Waals surface area contributed by atoms with Crippen LogP contribution in [0.15, 0.2) is 39.9 Å². The van der Waals surface area contributed by atoms with E-state index in [4.69, 9.17) is 26.0 Å². The van der Waals surface area contributed by atoms with Gasteiger partial charge in [-0.1, -0.05) is 16.8 Å². The van der Waals surface area contributed by atoms with Gasteiger partial charge in [-0.15, -0.1) is 0 Å². The second kappa shape index (κ2) is 4.93. The number of methoxy groups -OCH3 is 1. The number of furan rings is 1. The van der Waals surface area contributed by atoms with Crippen molar-refractivity contribution in [3.05, 3.63) is 41.1 Å². The van der Waals surface area contributed by atoms with Gasteiger partial charge in [-0.2, -0.15) is 0 Å². The molecule has 17 heavy (non-hydrogen) atoms. The summed E-state index contributed by atoms with van der Waals surface area (Å²) in [5, 5.41) is 11.9. The van der Waals surface area contributed by atoms with E-state index in [2.05, 4.69) is 5.16 Å². The second-order valence-electron chi connectivity index (χ2n) is 3.29. The molecule has 0 fully saturated rings. The first-order valence-corrected chi connectivity index (χ1v) is 5.23. The Labute approximate surface area is 103 Å². The van der Waals surface area contributed by atoms with Crippen LogP contribution in [0.1, 0.15) is 5.76 Å². The normalized spacial score (nSPS) is 10.9. The highest BCUT2D eigenvalue weighted by molar-refractivity contribution is 6.30. The Hall–Kier alpha value is -1.94. The van der Waals surface area contributed by atoms with Gasteiger partial charge in [0.2, 0.25) is 0 Å². The van der Waals surface area contributed by atoms with Crippen LogP contribution in [0.3, 0.4) is 0 Å². The summed E-state index contributed by atoms with van der Waals surface area (Å²) in [5.74, 6) is 1.71. The fourth-order valence-corrected chi connectivity index (χ4v) is 1.67. The van der Waals surface area contributed by atoms with Gasteiger partial charge in [0.1, 0.15) is 23.5 Å². The van der Waals surface area contributed by atoms with Crippen molar-refractivity contribution < 1.29 is 14.4 Å². The van der Waals surface area contributed by atoms with E-state index in [1.807, 2.05) is 0 Å². The van der Waals surface area contributed by atoms with E-state index < -0.39 is 0 Å². The van der Waals surface area contributed by atoms with E-state index in [-0.39, 0.29) is 0 Å². The summed E-state index contributed by atoms with van der Waals surface area (Å²) < 4.78 is 10.7. The molecule has 0 atom stereocenters. The van der Waals surface area contributed by atoms with Gasteiger partial charge < -0.3 is 14.4 Å². The predicted octanol–water partition coefficient (Wildman–Crippen LogP) is 3.42. The Morgan fingerprint density at radius 3 is 2.88 bits per heavy atom. The number of hydrogen-bond donors (Lipinski definition) is 1. The lowest BCUT2D eigenvalue weighted by Gasteiger charge is -2.06. The summed E-state index contributed by atoms with van der Waals surface area (Å²) in [6.45, 7) is 0. The molecule has 1 N–H and O–H groups in total. The molecule has 0 saturated carbocycles. The standard InChI is InChI=1S/C12H10ClNO3/c1-16-11-4-2-8(13)6-10(11)12-5-3-9(17-12)7-14-15/h2-7,15H,1H3/b14-7+. The lowest BCUT2D eigenvalue weighted by molar-refractivity contribution is 0.321. The van der Waals surface area contributed by atoms with Crippen molar-refractivity contribution in [3.63, 3.8) is 0 Å². The van der Waals surface area contributed by atoms with Crippen molar-refractivity contribution in [2.75, 3.05) is 7.11 Å². The van der Waals surface area contributed by atoms with Gasteiger partial charge in [-0.05, 0) is 30.3 Å². The molecule has 0 spiro atoms. The predicted molar refractivity (Wildman–Crippen MR) is 65.1 cm³/mol. The zero-order valence-corrected chi connectivity index (χ0v) is 9.81. The monoisotopic (exact) mass is 251 g/mol. The van der Waals surface area contributed by atoms with Crippen molar-refractivity contribution in [3.8, 4) is 17.1 Å². The van der Waals surface area contributed by atoms with Crippen LogP contribution in [0.25, 0.3) is 11.3 Å². The Kier molecular flexibility index (Phi) is 3.35.